The smallest absolute Gasteiger partial charge is 0.0589 e. The van der Waals surface area contributed by atoms with Crippen molar-refractivity contribution in [1.82, 2.24) is 9.80 Å². The Hall–Kier alpha value is -0.120. The highest BCUT2D eigenvalue weighted by atomic mass is 16.5. The van der Waals surface area contributed by atoms with E-state index in [1.807, 2.05) is 13.8 Å². The molecule has 0 aromatic carbocycles. The third-order valence-electron chi connectivity index (χ3n) is 1.61. The summed E-state index contributed by atoms with van der Waals surface area (Å²) in [6.45, 7) is 8.06. The number of nitrogens with zero attached hydrogens (tertiary/aromatic N) is 2. The fourth-order valence-electron chi connectivity index (χ4n) is 0.730. The van der Waals surface area contributed by atoms with Gasteiger partial charge < -0.3 is 14.5 Å². The van der Waals surface area contributed by atoms with Crippen LogP contribution in [0.15, 0.2) is 0 Å². The lowest BCUT2D eigenvalue weighted by Crippen LogP contribution is -2.30. The lowest BCUT2D eigenvalue weighted by atomic mass is 10.5. The molecular weight excluding hydrogens is 164 g/mol. The van der Waals surface area contributed by atoms with E-state index in [0.717, 1.165) is 26.2 Å². The normalized spacial score (nSPS) is 10.2. The second kappa shape index (κ2) is 11.9. The van der Waals surface area contributed by atoms with Crippen LogP contribution in [0, 0.1) is 0 Å². The van der Waals surface area contributed by atoms with Crippen LogP contribution < -0.4 is 0 Å². The standard InChI is InChI=1S/C8H20N2O.C2H6/c1-9(2)5-6-10(3)7-8-11-4;1-2/h5-8H2,1-4H3;1-2H3. The van der Waals surface area contributed by atoms with E-state index in [0.29, 0.717) is 0 Å². The van der Waals surface area contributed by atoms with Gasteiger partial charge in [-0.2, -0.15) is 0 Å². The van der Waals surface area contributed by atoms with Crippen LogP contribution in [0.2, 0.25) is 0 Å². The first-order valence-electron chi connectivity index (χ1n) is 4.99. The van der Waals surface area contributed by atoms with E-state index in [1.54, 1.807) is 7.11 Å². The number of likely N-dealkylation sites (N-methyl/N-ethyl adjacent to an activating group) is 2. The van der Waals surface area contributed by atoms with Crippen LogP contribution in [0.1, 0.15) is 13.8 Å². The first-order valence-corrected chi connectivity index (χ1v) is 4.99. The van der Waals surface area contributed by atoms with Crippen LogP contribution in [-0.2, 0) is 4.74 Å². The summed E-state index contributed by atoms with van der Waals surface area (Å²) in [6, 6.07) is 0. The monoisotopic (exact) mass is 190 g/mol. The van der Waals surface area contributed by atoms with Crippen LogP contribution >= 0.6 is 0 Å². The third-order valence-corrected chi connectivity index (χ3v) is 1.61. The molecule has 13 heavy (non-hydrogen) atoms. The Morgan fingerprint density at radius 3 is 1.85 bits per heavy atom. The van der Waals surface area contributed by atoms with Gasteiger partial charge in [0.25, 0.3) is 0 Å². The lowest BCUT2D eigenvalue weighted by Gasteiger charge is -2.18. The maximum absolute atomic E-state index is 4.96. The van der Waals surface area contributed by atoms with Gasteiger partial charge in [0.2, 0.25) is 0 Å². The first-order chi connectivity index (χ1) is 6.16. The quantitative estimate of drug-likeness (QED) is 0.625. The van der Waals surface area contributed by atoms with Gasteiger partial charge in [-0.25, -0.2) is 0 Å². The molecule has 0 rings (SSSR count). The van der Waals surface area contributed by atoms with Crippen molar-refractivity contribution in [3.05, 3.63) is 0 Å². The minimum Gasteiger partial charge on any atom is -0.383 e. The van der Waals surface area contributed by atoms with Crippen molar-refractivity contribution in [1.29, 1.82) is 0 Å². The zero-order valence-corrected chi connectivity index (χ0v) is 10.1. The molecule has 3 heteroatoms. The van der Waals surface area contributed by atoms with Crippen molar-refractivity contribution in [3.8, 4) is 0 Å². The van der Waals surface area contributed by atoms with Gasteiger partial charge in [-0.05, 0) is 21.1 Å². The average molecular weight is 190 g/mol. The van der Waals surface area contributed by atoms with Crippen molar-refractivity contribution >= 4 is 0 Å². The van der Waals surface area contributed by atoms with Crippen molar-refractivity contribution < 1.29 is 4.74 Å². The Morgan fingerprint density at radius 2 is 1.46 bits per heavy atom. The van der Waals surface area contributed by atoms with Crippen molar-refractivity contribution in [2.24, 2.45) is 0 Å². The highest BCUT2D eigenvalue weighted by Crippen LogP contribution is 1.83. The number of methoxy groups -OCH3 is 1. The number of rotatable bonds is 6. The molecule has 3 nitrogen and oxygen atoms in total. The van der Waals surface area contributed by atoms with Gasteiger partial charge in [0.1, 0.15) is 0 Å². The number of hydrogen-bond donors (Lipinski definition) is 0. The molecule has 0 spiro atoms. The number of hydrogen-bond acceptors (Lipinski definition) is 3. The summed E-state index contributed by atoms with van der Waals surface area (Å²) in [5.41, 5.74) is 0. The SMILES string of the molecule is CC.COCCN(C)CCN(C)C. The summed E-state index contributed by atoms with van der Waals surface area (Å²) < 4.78 is 4.96. The molecule has 0 amide bonds. The van der Waals surface area contributed by atoms with E-state index in [1.165, 1.54) is 0 Å². The predicted molar refractivity (Wildman–Crippen MR) is 59.3 cm³/mol. The molecule has 0 N–H and O–H groups in total. The molecule has 0 radical (unpaired) electrons. The maximum Gasteiger partial charge on any atom is 0.0589 e. The Kier molecular flexibility index (Phi) is 14.0. The van der Waals surface area contributed by atoms with E-state index in [9.17, 15) is 0 Å². The van der Waals surface area contributed by atoms with Crippen molar-refractivity contribution in [2.45, 2.75) is 13.8 Å². The molecule has 0 aromatic rings. The van der Waals surface area contributed by atoms with Gasteiger partial charge in [0.05, 0.1) is 6.61 Å². The van der Waals surface area contributed by atoms with E-state index in [4.69, 9.17) is 4.74 Å². The average Bonchev–Trinajstić information content (AvgIpc) is 2.14. The summed E-state index contributed by atoms with van der Waals surface area (Å²) >= 11 is 0. The van der Waals surface area contributed by atoms with Crippen LogP contribution in [0.25, 0.3) is 0 Å². The van der Waals surface area contributed by atoms with E-state index >= 15 is 0 Å². The summed E-state index contributed by atoms with van der Waals surface area (Å²) in [5, 5.41) is 0. The summed E-state index contributed by atoms with van der Waals surface area (Å²) in [4.78, 5) is 4.45. The minimum absolute atomic E-state index is 0.823. The molecule has 0 saturated carbocycles. The summed E-state index contributed by atoms with van der Waals surface area (Å²) in [7, 11) is 8.02. The van der Waals surface area contributed by atoms with E-state index < -0.39 is 0 Å². The van der Waals surface area contributed by atoms with Gasteiger partial charge in [0, 0.05) is 26.7 Å². The zero-order chi connectivity index (χ0) is 10.7. The van der Waals surface area contributed by atoms with Gasteiger partial charge in [0.15, 0.2) is 0 Å². The molecule has 0 heterocycles. The Bertz CT molecular complexity index is 87.0. The fraction of sp³-hybridized carbons (Fsp3) is 1.00. The molecule has 0 aliphatic carbocycles. The topological polar surface area (TPSA) is 15.7 Å². The third kappa shape index (κ3) is 14.7. The minimum atomic E-state index is 0.823. The fourth-order valence-corrected chi connectivity index (χ4v) is 0.730. The van der Waals surface area contributed by atoms with E-state index in [-0.39, 0.29) is 0 Å². The Morgan fingerprint density at radius 1 is 0.923 bits per heavy atom. The summed E-state index contributed by atoms with van der Waals surface area (Å²) in [6.07, 6.45) is 0. The molecule has 0 aliphatic heterocycles. The van der Waals surface area contributed by atoms with Gasteiger partial charge >= 0.3 is 0 Å². The maximum atomic E-state index is 4.96. The molecule has 82 valence electrons. The van der Waals surface area contributed by atoms with Crippen molar-refractivity contribution in [3.63, 3.8) is 0 Å². The zero-order valence-electron chi connectivity index (χ0n) is 10.1. The Labute approximate surface area is 83.7 Å². The lowest BCUT2D eigenvalue weighted by molar-refractivity contribution is 0.156. The molecule has 0 atom stereocenters. The molecule has 0 bridgehead atoms. The van der Waals surface area contributed by atoms with E-state index in [2.05, 4.69) is 30.9 Å². The Balaban J connectivity index is 0. The molecule has 0 aromatic heterocycles. The molecular formula is C10H26N2O. The molecule has 0 unspecified atom stereocenters. The number of ether oxygens (including phenoxy) is 1. The second-order valence-electron chi connectivity index (χ2n) is 3.10. The van der Waals surface area contributed by atoms with Crippen LogP contribution in [0.3, 0.4) is 0 Å². The van der Waals surface area contributed by atoms with Crippen LogP contribution in [0.5, 0.6) is 0 Å². The first kappa shape index (κ1) is 15.4. The van der Waals surface area contributed by atoms with Gasteiger partial charge in [-0.3, -0.25) is 0 Å². The largest absolute Gasteiger partial charge is 0.383 e. The van der Waals surface area contributed by atoms with Crippen LogP contribution in [-0.4, -0.2) is 64.3 Å². The highest BCUT2D eigenvalue weighted by Gasteiger charge is 1.97. The van der Waals surface area contributed by atoms with Crippen molar-refractivity contribution in [2.75, 3.05) is 54.5 Å². The van der Waals surface area contributed by atoms with Gasteiger partial charge in [-0.1, -0.05) is 13.8 Å². The molecule has 0 saturated heterocycles. The van der Waals surface area contributed by atoms with Gasteiger partial charge in [-0.15, -0.1) is 0 Å². The molecule has 0 aliphatic rings. The molecule has 0 fully saturated rings. The highest BCUT2D eigenvalue weighted by molar-refractivity contribution is 4.52. The summed E-state index contributed by atoms with van der Waals surface area (Å²) in [5.74, 6) is 0. The predicted octanol–water partition coefficient (Wildman–Crippen LogP) is 1.15. The van der Waals surface area contributed by atoms with Crippen LogP contribution in [0.4, 0.5) is 0 Å². The second-order valence-corrected chi connectivity index (χ2v) is 3.10.